The number of benzene rings is 1. The van der Waals surface area contributed by atoms with E-state index in [0.29, 0.717) is 24.9 Å². The van der Waals surface area contributed by atoms with Crippen LogP contribution in [0.4, 0.5) is 13.2 Å². The minimum atomic E-state index is -4.38. The predicted octanol–water partition coefficient (Wildman–Crippen LogP) is 2.45. The minimum absolute atomic E-state index is 0.161. The summed E-state index contributed by atoms with van der Waals surface area (Å²) in [7, 11) is 1.33. The number of methoxy groups -OCH3 is 1. The molecule has 6 heteroatoms. The van der Waals surface area contributed by atoms with Gasteiger partial charge < -0.3 is 16.2 Å². The van der Waals surface area contributed by atoms with E-state index in [1.165, 1.54) is 13.2 Å². The monoisotopic (exact) mass is 262 g/mol. The summed E-state index contributed by atoms with van der Waals surface area (Å²) in [5, 5.41) is 0. The van der Waals surface area contributed by atoms with E-state index < -0.39 is 11.7 Å². The first-order valence-corrected chi connectivity index (χ1v) is 5.61. The zero-order chi connectivity index (χ0) is 13.8. The van der Waals surface area contributed by atoms with Gasteiger partial charge in [-0.1, -0.05) is 6.07 Å². The highest BCUT2D eigenvalue weighted by Crippen LogP contribution is 2.35. The van der Waals surface area contributed by atoms with Crippen molar-refractivity contribution in [3.8, 4) is 5.75 Å². The van der Waals surface area contributed by atoms with Crippen LogP contribution < -0.4 is 16.2 Å². The van der Waals surface area contributed by atoms with Gasteiger partial charge in [-0.05, 0) is 31.5 Å². The maximum atomic E-state index is 12.5. The molecule has 0 aliphatic carbocycles. The Morgan fingerprint density at radius 1 is 1.33 bits per heavy atom. The summed E-state index contributed by atoms with van der Waals surface area (Å²) in [6.45, 7) is 0.497. The second kappa shape index (κ2) is 6.06. The summed E-state index contributed by atoms with van der Waals surface area (Å²) in [6.07, 6.45) is -3.06. The Labute approximate surface area is 104 Å². The number of halogens is 3. The van der Waals surface area contributed by atoms with Gasteiger partial charge in [0.25, 0.3) is 0 Å². The smallest absolute Gasteiger partial charge is 0.416 e. The van der Waals surface area contributed by atoms with Crippen LogP contribution >= 0.6 is 0 Å². The zero-order valence-electron chi connectivity index (χ0n) is 10.1. The van der Waals surface area contributed by atoms with E-state index in [9.17, 15) is 13.2 Å². The largest absolute Gasteiger partial charge is 0.496 e. The van der Waals surface area contributed by atoms with E-state index in [2.05, 4.69) is 0 Å². The van der Waals surface area contributed by atoms with E-state index in [1.807, 2.05) is 0 Å². The molecule has 0 saturated heterocycles. The summed E-state index contributed by atoms with van der Waals surface area (Å²) in [6, 6.07) is 2.98. The van der Waals surface area contributed by atoms with Crippen LogP contribution in [0.25, 0.3) is 0 Å². The Morgan fingerprint density at radius 2 is 2.00 bits per heavy atom. The Bertz CT molecular complexity index is 393. The molecule has 0 spiro atoms. The van der Waals surface area contributed by atoms with E-state index in [4.69, 9.17) is 16.2 Å². The van der Waals surface area contributed by atoms with Crippen LogP contribution in [0.3, 0.4) is 0 Å². The van der Waals surface area contributed by atoms with Gasteiger partial charge in [0.15, 0.2) is 0 Å². The second-order valence-electron chi connectivity index (χ2n) is 3.99. The van der Waals surface area contributed by atoms with Crippen molar-refractivity contribution in [2.24, 2.45) is 11.5 Å². The van der Waals surface area contributed by atoms with Crippen LogP contribution in [0.1, 0.15) is 30.0 Å². The van der Waals surface area contributed by atoms with Crippen LogP contribution in [0.5, 0.6) is 5.75 Å². The molecule has 0 unspecified atom stereocenters. The van der Waals surface area contributed by atoms with Crippen LogP contribution in [0.2, 0.25) is 0 Å². The van der Waals surface area contributed by atoms with Crippen molar-refractivity contribution in [2.45, 2.75) is 25.1 Å². The third-order valence-corrected chi connectivity index (χ3v) is 2.68. The summed E-state index contributed by atoms with van der Waals surface area (Å²) >= 11 is 0. The molecular formula is C12H17F3N2O. The van der Waals surface area contributed by atoms with Gasteiger partial charge in [0, 0.05) is 11.6 Å². The Kier molecular flexibility index (Phi) is 4.98. The molecule has 0 fully saturated rings. The molecule has 0 aromatic heterocycles. The number of hydrogen-bond donors (Lipinski definition) is 2. The molecular weight excluding hydrogens is 245 g/mol. The first kappa shape index (κ1) is 14.8. The molecule has 1 aromatic rings. The average Bonchev–Trinajstić information content (AvgIpc) is 2.34. The van der Waals surface area contributed by atoms with Gasteiger partial charge in [0.05, 0.1) is 12.7 Å². The summed E-state index contributed by atoms with van der Waals surface area (Å²) in [5.41, 5.74) is 11.1. The fourth-order valence-electron chi connectivity index (χ4n) is 1.69. The third kappa shape index (κ3) is 3.61. The van der Waals surface area contributed by atoms with Crippen molar-refractivity contribution >= 4 is 0 Å². The highest BCUT2D eigenvalue weighted by Gasteiger charge is 2.31. The predicted molar refractivity (Wildman–Crippen MR) is 63.2 cm³/mol. The molecule has 0 aliphatic heterocycles. The average molecular weight is 262 g/mol. The molecule has 1 rings (SSSR count). The van der Waals surface area contributed by atoms with Gasteiger partial charge in [-0.2, -0.15) is 13.2 Å². The van der Waals surface area contributed by atoms with E-state index in [-0.39, 0.29) is 11.8 Å². The lowest BCUT2D eigenvalue weighted by Gasteiger charge is -2.17. The fraction of sp³-hybridized carbons (Fsp3) is 0.500. The molecule has 0 aliphatic rings. The van der Waals surface area contributed by atoms with Crippen LogP contribution in [0.15, 0.2) is 18.2 Å². The van der Waals surface area contributed by atoms with Gasteiger partial charge in [0.1, 0.15) is 5.75 Å². The molecule has 0 amide bonds. The van der Waals surface area contributed by atoms with Gasteiger partial charge >= 0.3 is 6.18 Å². The lowest BCUT2D eigenvalue weighted by Crippen LogP contribution is -2.14. The number of nitrogens with two attached hydrogens (primary N) is 2. The standard InChI is InChI=1S/C12H17F3N2O/c1-18-11-7-8(12(13,14)15)4-5-9(11)10(17)3-2-6-16/h4-5,7,10H,2-3,6,16-17H2,1H3/t10-/m1/s1. The van der Waals surface area contributed by atoms with Gasteiger partial charge in [-0.3, -0.25) is 0 Å². The van der Waals surface area contributed by atoms with Crippen molar-refractivity contribution in [3.63, 3.8) is 0 Å². The van der Waals surface area contributed by atoms with Gasteiger partial charge in [0.2, 0.25) is 0 Å². The molecule has 1 aromatic carbocycles. The van der Waals surface area contributed by atoms with Crippen LogP contribution in [0, 0.1) is 0 Å². The molecule has 0 radical (unpaired) electrons. The van der Waals surface area contributed by atoms with Crippen LogP contribution in [-0.4, -0.2) is 13.7 Å². The lowest BCUT2D eigenvalue weighted by molar-refractivity contribution is -0.137. The SMILES string of the molecule is COc1cc(C(F)(F)F)ccc1[C@H](N)CCCN. The van der Waals surface area contributed by atoms with Crippen LogP contribution in [-0.2, 0) is 6.18 Å². The van der Waals surface area contributed by atoms with E-state index >= 15 is 0 Å². The molecule has 0 bridgehead atoms. The van der Waals surface area contributed by atoms with Crippen molar-refractivity contribution < 1.29 is 17.9 Å². The molecule has 1 atom stereocenters. The lowest BCUT2D eigenvalue weighted by atomic mass is 10.00. The van der Waals surface area contributed by atoms with Gasteiger partial charge in [-0.25, -0.2) is 0 Å². The number of alkyl halides is 3. The molecule has 0 saturated carbocycles. The summed E-state index contributed by atoms with van der Waals surface area (Å²) in [4.78, 5) is 0. The second-order valence-corrected chi connectivity index (χ2v) is 3.99. The molecule has 4 N–H and O–H groups in total. The molecule has 3 nitrogen and oxygen atoms in total. The molecule has 0 heterocycles. The summed E-state index contributed by atoms with van der Waals surface area (Å²) in [5.74, 6) is 0.161. The normalized spacial score (nSPS) is 13.4. The Hall–Kier alpha value is -1.27. The summed E-state index contributed by atoms with van der Waals surface area (Å²) < 4.78 is 42.6. The number of hydrogen-bond acceptors (Lipinski definition) is 3. The maximum absolute atomic E-state index is 12.5. The first-order chi connectivity index (χ1) is 8.40. The van der Waals surface area contributed by atoms with Crippen molar-refractivity contribution in [1.29, 1.82) is 0 Å². The maximum Gasteiger partial charge on any atom is 0.416 e. The van der Waals surface area contributed by atoms with E-state index in [1.54, 1.807) is 0 Å². The zero-order valence-corrected chi connectivity index (χ0v) is 10.1. The minimum Gasteiger partial charge on any atom is -0.496 e. The van der Waals surface area contributed by atoms with Crippen molar-refractivity contribution in [1.82, 2.24) is 0 Å². The van der Waals surface area contributed by atoms with Crippen molar-refractivity contribution in [2.75, 3.05) is 13.7 Å². The molecule has 102 valence electrons. The topological polar surface area (TPSA) is 61.3 Å². The first-order valence-electron chi connectivity index (χ1n) is 5.61. The fourth-order valence-corrected chi connectivity index (χ4v) is 1.69. The number of rotatable bonds is 5. The molecule has 18 heavy (non-hydrogen) atoms. The Balaban J connectivity index is 3.00. The van der Waals surface area contributed by atoms with Gasteiger partial charge in [-0.15, -0.1) is 0 Å². The third-order valence-electron chi connectivity index (χ3n) is 2.68. The quantitative estimate of drug-likeness (QED) is 0.856. The highest BCUT2D eigenvalue weighted by molar-refractivity contribution is 5.40. The van der Waals surface area contributed by atoms with E-state index in [0.717, 1.165) is 12.1 Å². The van der Waals surface area contributed by atoms with Crippen molar-refractivity contribution in [3.05, 3.63) is 29.3 Å². The number of ether oxygens (including phenoxy) is 1. The highest BCUT2D eigenvalue weighted by atomic mass is 19.4. The Morgan fingerprint density at radius 3 is 2.50 bits per heavy atom.